The van der Waals surface area contributed by atoms with E-state index in [0.717, 1.165) is 11.1 Å². The van der Waals surface area contributed by atoms with Gasteiger partial charge in [-0.15, -0.1) is 0 Å². The quantitative estimate of drug-likeness (QED) is 0.563. The van der Waals surface area contributed by atoms with Crippen LogP contribution < -0.4 is 10.6 Å². The minimum atomic E-state index is -0.818. The molecular weight excluding hydrogens is 423 g/mol. The van der Waals surface area contributed by atoms with Crippen molar-refractivity contribution < 1.29 is 18.7 Å². The first kappa shape index (κ1) is 24.2. The van der Waals surface area contributed by atoms with Crippen LogP contribution in [0.1, 0.15) is 41.5 Å². The maximum atomic E-state index is 13.3. The van der Waals surface area contributed by atoms with E-state index in [0.29, 0.717) is 17.0 Å². The second-order valence-corrected chi connectivity index (χ2v) is 10.1. The molecule has 2 amide bonds. The number of anilines is 1. The summed E-state index contributed by atoms with van der Waals surface area (Å²) in [6.07, 6.45) is -0.651. The average Bonchev–Trinajstić information content (AvgIpc) is 3.00. The van der Waals surface area contributed by atoms with Crippen LogP contribution in [0.4, 0.5) is 14.9 Å². The zero-order chi connectivity index (χ0) is 24.6. The van der Waals surface area contributed by atoms with Crippen molar-refractivity contribution in [2.75, 3.05) is 5.32 Å². The molecule has 176 valence electrons. The van der Waals surface area contributed by atoms with Crippen molar-refractivity contribution >= 4 is 28.7 Å². The Kier molecular flexibility index (Phi) is 6.49. The van der Waals surface area contributed by atoms with Gasteiger partial charge in [-0.2, -0.15) is 0 Å². The lowest BCUT2D eigenvalue weighted by Gasteiger charge is -2.31. The van der Waals surface area contributed by atoms with Gasteiger partial charge in [-0.25, -0.2) is 14.2 Å². The molecule has 1 heterocycles. The molecule has 0 radical (unpaired) electrons. The maximum Gasteiger partial charge on any atom is 0.408 e. The number of nitrogens with zero attached hydrogens (tertiary/aromatic N) is 2. The second-order valence-electron chi connectivity index (χ2n) is 10.1. The molecule has 0 aliphatic carbocycles. The lowest BCUT2D eigenvalue weighted by molar-refractivity contribution is -0.120. The van der Waals surface area contributed by atoms with Gasteiger partial charge in [0.15, 0.2) is 0 Å². The number of benzene rings is 2. The van der Waals surface area contributed by atoms with Gasteiger partial charge in [0.1, 0.15) is 23.3 Å². The number of rotatable bonds is 4. The fraction of sp³-hybridized carbons (Fsp3) is 0.400. The summed E-state index contributed by atoms with van der Waals surface area (Å²) in [7, 11) is 1.88. The number of ether oxygens (including phenoxy) is 1. The number of imidazole rings is 1. The smallest absolute Gasteiger partial charge is 0.408 e. The molecule has 1 atom stereocenters. The van der Waals surface area contributed by atoms with Gasteiger partial charge in [-0.1, -0.05) is 20.8 Å². The molecule has 3 rings (SSSR count). The van der Waals surface area contributed by atoms with Crippen LogP contribution in [0.2, 0.25) is 0 Å². The van der Waals surface area contributed by atoms with Gasteiger partial charge in [0.25, 0.3) is 0 Å². The number of hydrogen-bond donors (Lipinski definition) is 2. The zero-order valence-electron chi connectivity index (χ0n) is 20.1. The second kappa shape index (κ2) is 8.84. The number of halogens is 1. The first-order chi connectivity index (χ1) is 15.2. The fourth-order valence-electron chi connectivity index (χ4n) is 3.45. The lowest BCUT2D eigenvalue weighted by atomic mass is 9.86. The highest BCUT2D eigenvalue weighted by Gasteiger charge is 2.34. The highest BCUT2D eigenvalue weighted by atomic mass is 19.1. The lowest BCUT2D eigenvalue weighted by Crippen LogP contribution is -2.52. The van der Waals surface area contributed by atoms with E-state index in [1.54, 1.807) is 45.0 Å². The van der Waals surface area contributed by atoms with E-state index in [1.165, 1.54) is 12.1 Å². The van der Waals surface area contributed by atoms with Gasteiger partial charge in [0.2, 0.25) is 5.91 Å². The summed E-state index contributed by atoms with van der Waals surface area (Å²) in [4.78, 5) is 30.0. The molecule has 0 spiro atoms. The SMILES string of the molecule is Cn1c(-c2ccc(F)cc2)nc2cc(NC(=O)[C@@H](NC(=O)OC(C)(C)C)C(C)(C)C)ccc21. The van der Waals surface area contributed by atoms with Gasteiger partial charge < -0.3 is 19.9 Å². The number of nitrogens with one attached hydrogen (secondary N) is 2. The number of carbonyl (C=O) groups is 2. The van der Waals surface area contributed by atoms with E-state index in [4.69, 9.17) is 4.74 Å². The van der Waals surface area contributed by atoms with Crippen LogP contribution in [0.25, 0.3) is 22.4 Å². The van der Waals surface area contributed by atoms with E-state index < -0.39 is 23.2 Å². The van der Waals surface area contributed by atoms with Gasteiger partial charge >= 0.3 is 6.09 Å². The monoisotopic (exact) mass is 454 g/mol. The number of hydrogen-bond acceptors (Lipinski definition) is 4. The summed E-state index contributed by atoms with van der Waals surface area (Å²) in [5, 5.41) is 5.56. The molecule has 0 saturated carbocycles. The summed E-state index contributed by atoms with van der Waals surface area (Å²) in [6.45, 7) is 10.9. The van der Waals surface area contributed by atoms with Crippen LogP contribution in [0, 0.1) is 11.2 Å². The summed E-state index contributed by atoms with van der Waals surface area (Å²) < 4.78 is 20.5. The van der Waals surface area contributed by atoms with E-state index in [2.05, 4.69) is 15.6 Å². The fourth-order valence-corrected chi connectivity index (χ4v) is 3.45. The Morgan fingerprint density at radius 3 is 2.24 bits per heavy atom. The Morgan fingerprint density at radius 2 is 1.67 bits per heavy atom. The highest BCUT2D eigenvalue weighted by Crippen LogP contribution is 2.27. The number of aromatic nitrogens is 2. The Balaban J connectivity index is 1.84. The van der Waals surface area contributed by atoms with E-state index in [1.807, 2.05) is 38.5 Å². The Labute approximate surface area is 193 Å². The minimum absolute atomic E-state index is 0.309. The summed E-state index contributed by atoms with van der Waals surface area (Å²) >= 11 is 0. The third kappa shape index (κ3) is 5.88. The van der Waals surface area contributed by atoms with E-state index in [9.17, 15) is 14.0 Å². The highest BCUT2D eigenvalue weighted by molar-refractivity contribution is 5.98. The van der Waals surface area contributed by atoms with Crippen molar-refractivity contribution in [3.63, 3.8) is 0 Å². The molecule has 0 bridgehead atoms. The number of carbonyl (C=O) groups excluding carboxylic acids is 2. The third-order valence-corrected chi connectivity index (χ3v) is 5.04. The Morgan fingerprint density at radius 1 is 1.03 bits per heavy atom. The number of alkyl carbamates (subject to hydrolysis) is 1. The number of fused-ring (bicyclic) bond motifs is 1. The summed E-state index contributed by atoms with van der Waals surface area (Å²) in [5.41, 5.74) is 1.67. The summed E-state index contributed by atoms with van der Waals surface area (Å²) in [5.74, 6) is 0.0194. The summed E-state index contributed by atoms with van der Waals surface area (Å²) in [6, 6.07) is 10.7. The molecule has 0 aliphatic heterocycles. The number of amides is 2. The molecule has 8 heteroatoms. The van der Waals surface area contributed by atoms with Crippen molar-refractivity contribution in [1.29, 1.82) is 0 Å². The standard InChI is InChI=1S/C25H31FN4O3/c1-24(2,3)20(29-23(32)33-25(4,5)6)22(31)27-17-12-13-19-18(14-17)28-21(30(19)7)15-8-10-16(26)11-9-15/h8-14,20H,1-7H3,(H,27,31)(H,29,32)/t20-/m1/s1. The van der Waals surface area contributed by atoms with Crippen LogP contribution >= 0.6 is 0 Å². The third-order valence-electron chi connectivity index (χ3n) is 5.04. The minimum Gasteiger partial charge on any atom is -0.444 e. The molecule has 0 fully saturated rings. The van der Waals surface area contributed by atoms with Crippen molar-refractivity contribution in [1.82, 2.24) is 14.9 Å². The molecule has 7 nitrogen and oxygen atoms in total. The molecule has 2 aromatic carbocycles. The Hall–Kier alpha value is -3.42. The maximum absolute atomic E-state index is 13.3. The van der Waals surface area contributed by atoms with Gasteiger partial charge in [-0.3, -0.25) is 4.79 Å². The van der Waals surface area contributed by atoms with Crippen LogP contribution in [-0.2, 0) is 16.6 Å². The van der Waals surface area contributed by atoms with Gasteiger partial charge in [-0.05, 0) is 68.7 Å². The van der Waals surface area contributed by atoms with Gasteiger partial charge in [0, 0.05) is 18.3 Å². The molecule has 0 aliphatic rings. The number of aryl methyl sites for hydroxylation is 1. The molecule has 33 heavy (non-hydrogen) atoms. The van der Waals surface area contributed by atoms with Crippen molar-refractivity contribution in [3.05, 3.63) is 48.3 Å². The van der Waals surface area contributed by atoms with Crippen LogP contribution in [-0.4, -0.2) is 33.2 Å². The van der Waals surface area contributed by atoms with Crippen LogP contribution in [0.5, 0.6) is 0 Å². The molecule has 3 aromatic rings. The molecule has 0 unspecified atom stereocenters. The van der Waals surface area contributed by atoms with Crippen molar-refractivity contribution in [2.45, 2.75) is 53.2 Å². The topological polar surface area (TPSA) is 85.3 Å². The molecule has 0 saturated heterocycles. The van der Waals surface area contributed by atoms with E-state index in [-0.39, 0.29) is 11.7 Å². The van der Waals surface area contributed by atoms with Crippen molar-refractivity contribution in [3.8, 4) is 11.4 Å². The van der Waals surface area contributed by atoms with Crippen LogP contribution in [0.15, 0.2) is 42.5 Å². The Bertz CT molecular complexity index is 1170. The molecule has 2 N–H and O–H groups in total. The molecule has 1 aromatic heterocycles. The predicted octanol–water partition coefficient (Wildman–Crippen LogP) is 5.26. The zero-order valence-corrected chi connectivity index (χ0v) is 20.1. The first-order valence-corrected chi connectivity index (χ1v) is 10.8. The largest absolute Gasteiger partial charge is 0.444 e. The van der Waals surface area contributed by atoms with Crippen LogP contribution in [0.3, 0.4) is 0 Å². The normalized spacial score (nSPS) is 13.0. The first-order valence-electron chi connectivity index (χ1n) is 10.8. The van der Waals surface area contributed by atoms with Crippen molar-refractivity contribution in [2.24, 2.45) is 12.5 Å². The van der Waals surface area contributed by atoms with Gasteiger partial charge in [0.05, 0.1) is 11.0 Å². The van der Waals surface area contributed by atoms with E-state index >= 15 is 0 Å². The predicted molar refractivity (Wildman–Crippen MR) is 127 cm³/mol. The molecular formula is C25H31FN4O3. The average molecular weight is 455 g/mol.